The number of aliphatic hydroxyl groups excluding tert-OH is 1. The predicted octanol–water partition coefficient (Wildman–Crippen LogP) is 2.87. The molecule has 0 bridgehead atoms. The standard InChI is InChI=1S/C12H18BrNO/c1-3-12(8-15)14-9(2)10-5-4-6-11(13)7-10/h4-7,9,12,14-15H,3,8H2,1-2H3/t9-,12+/m1/s1. The SMILES string of the molecule is CC[C@@H](CO)N[C@H](C)c1cccc(Br)c1. The zero-order valence-corrected chi connectivity index (χ0v) is 10.8. The Balaban J connectivity index is 2.64. The first kappa shape index (κ1) is 12.7. The first-order valence-corrected chi connectivity index (χ1v) is 6.09. The Hall–Kier alpha value is -0.380. The minimum atomic E-state index is 0.180. The molecule has 0 amide bonds. The van der Waals surface area contributed by atoms with E-state index in [0.717, 1.165) is 10.9 Å². The van der Waals surface area contributed by atoms with Crippen LogP contribution in [0, 0.1) is 0 Å². The van der Waals surface area contributed by atoms with Gasteiger partial charge in [-0.25, -0.2) is 0 Å². The van der Waals surface area contributed by atoms with Crippen molar-refractivity contribution in [2.75, 3.05) is 6.61 Å². The van der Waals surface area contributed by atoms with Gasteiger partial charge in [-0.05, 0) is 31.0 Å². The molecule has 2 atom stereocenters. The fourth-order valence-electron chi connectivity index (χ4n) is 1.53. The highest BCUT2D eigenvalue weighted by Gasteiger charge is 2.10. The molecular formula is C12H18BrNO. The summed E-state index contributed by atoms with van der Waals surface area (Å²) in [7, 11) is 0. The van der Waals surface area contributed by atoms with Gasteiger partial charge in [0.1, 0.15) is 0 Å². The van der Waals surface area contributed by atoms with Crippen molar-refractivity contribution in [2.24, 2.45) is 0 Å². The van der Waals surface area contributed by atoms with Crippen molar-refractivity contribution in [3.8, 4) is 0 Å². The van der Waals surface area contributed by atoms with Gasteiger partial charge in [-0.15, -0.1) is 0 Å². The average molecular weight is 272 g/mol. The number of rotatable bonds is 5. The molecule has 0 radical (unpaired) electrons. The third kappa shape index (κ3) is 3.93. The molecule has 15 heavy (non-hydrogen) atoms. The second-order valence-corrected chi connectivity index (χ2v) is 4.65. The highest BCUT2D eigenvalue weighted by molar-refractivity contribution is 9.10. The minimum absolute atomic E-state index is 0.180. The Bertz CT molecular complexity index is 299. The van der Waals surface area contributed by atoms with E-state index in [2.05, 4.69) is 47.2 Å². The van der Waals surface area contributed by atoms with E-state index in [4.69, 9.17) is 5.11 Å². The fourth-order valence-corrected chi connectivity index (χ4v) is 1.94. The summed E-state index contributed by atoms with van der Waals surface area (Å²) in [6.45, 7) is 4.37. The quantitative estimate of drug-likeness (QED) is 0.863. The third-order valence-electron chi connectivity index (χ3n) is 2.55. The number of aliphatic hydroxyl groups is 1. The van der Waals surface area contributed by atoms with Gasteiger partial charge in [0.05, 0.1) is 6.61 Å². The van der Waals surface area contributed by atoms with Crippen molar-refractivity contribution in [3.05, 3.63) is 34.3 Å². The van der Waals surface area contributed by atoms with Crippen LogP contribution in [-0.2, 0) is 0 Å². The highest BCUT2D eigenvalue weighted by Crippen LogP contribution is 2.18. The molecular weight excluding hydrogens is 254 g/mol. The Morgan fingerprint density at radius 3 is 2.73 bits per heavy atom. The lowest BCUT2D eigenvalue weighted by molar-refractivity contribution is 0.230. The molecule has 0 saturated heterocycles. The van der Waals surface area contributed by atoms with Crippen molar-refractivity contribution in [1.29, 1.82) is 0 Å². The van der Waals surface area contributed by atoms with Gasteiger partial charge in [0, 0.05) is 16.6 Å². The van der Waals surface area contributed by atoms with Gasteiger partial charge in [0.25, 0.3) is 0 Å². The van der Waals surface area contributed by atoms with E-state index in [1.807, 2.05) is 12.1 Å². The summed E-state index contributed by atoms with van der Waals surface area (Å²) in [6, 6.07) is 8.67. The smallest absolute Gasteiger partial charge is 0.0584 e. The molecule has 0 aromatic heterocycles. The lowest BCUT2D eigenvalue weighted by Gasteiger charge is -2.20. The van der Waals surface area contributed by atoms with Crippen molar-refractivity contribution in [3.63, 3.8) is 0 Å². The van der Waals surface area contributed by atoms with Gasteiger partial charge in [-0.1, -0.05) is 35.0 Å². The summed E-state index contributed by atoms with van der Waals surface area (Å²) in [5.41, 5.74) is 1.23. The number of nitrogens with one attached hydrogen (secondary N) is 1. The molecule has 0 unspecified atom stereocenters. The molecule has 0 aliphatic rings. The lowest BCUT2D eigenvalue weighted by atomic mass is 10.1. The van der Waals surface area contributed by atoms with Crippen LogP contribution in [0.4, 0.5) is 0 Å². The highest BCUT2D eigenvalue weighted by atomic mass is 79.9. The van der Waals surface area contributed by atoms with Crippen LogP contribution >= 0.6 is 15.9 Å². The zero-order chi connectivity index (χ0) is 11.3. The molecule has 0 heterocycles. The van der Waals surface area contributed by atoms with Crippen molar-refractivity contribution >= 4 is 15.9 Å². The monoisotopic (exact) mass is 271 g/mol. The van der Waals surface area contributed by atoms with E-state index in [1.54, 1.807) is 0 Å². The molecule has 3 heteroatoms. The summed E-state index contributed by atoms with van der Waals surface area (Å²) in [5, 5.41) is 12.5. The Labute approximate surface area is 99.8 Å². The number of hydrogen-bond acceptors (Lipinski definition) is 2. The summed E-state index contributed by atoms with van der Waals surface area (Å²) >= 11 is 3.45. The van der Waals surface area contributed by atoms with Crippen LogP contribution in [0.1, 0.15) is 31.9 Å². The van der Waals surface area contributed by atoms with Crippen LogP contribution in [0.5, 0.6) is 0 Å². The van der Waals surface area contributed by atoms with Crippen LogP contribution < -0.4 is 5.32 Å². The van der Waals surface area contributed by atoms with Crippen molar-refractivity contribution in [2.45, 2.75) is 32.4 Å². The molecule has 0 spiro atoms. The molecule has 0 fully saturated rings. The molecule has 1 aromatic carbocycles. The Morgan fingerprint density at radius 2 is 2.20 bits per heavy atom. The minimum Gasteiger partial charge on any atom is -0.395 e. The Morgan fingerprint density at radius 1 is 1.47 bits per heavy atom. The van der Waals surface area contributed by atoms with Gasteiger partial charge in [-0.3, -0.25) is 0 Å². The van der Waals surface area contributed by atoms with Crippen molar-refractivity contribution < 1.29 is 5.11 Å². The number of benzene rings is 1. The maximum absolute atomic E-state index is 9.10. The summed E-state index contributed by atoms with van der Waals surface area (Å²) in [4.78, 5) is 0. The Kier molecular flexibility index (Phi) is 5.29. The zero-order valence-electron chi connectivity index (χ0n) is 9.20. The summed E-state index contributed by atoms with van der Waals surface area (Å²) in [5.74, 6) is 0. The van der Waals surface area contributed by atoms with Crippen LogP contribution in [0.15, 0.2) is 28.7 Å². The van der Waals surface area contributed by atoms with Gasteiger partial charge >= 0.3 is 0 Å². The van der Waals surface area contributed by atoms with E-state index in [9.17, 15) is 0 Å². The largest absolute Gasteiger partial charge is 0.395 e. The number of halogens is 1. The first-order valence-electron chi connectivity index (χ1n) is 5.29. The lowest BCUT2D eigenvalue weighted by Crippen LogP contribution is -2.33. The number of hydrogen-bond donors (Lipinski definition) is 2. The van der Waals surface area contributed by atoms with E-state index >= 15 is 0 Å². The van der Waals surface area contributed by atoms with Gasteiger partial charge < -0.3 is 10.4 Å². The van der Waals surface area contributed by atoms with Crippen LogP contribution in [0.2, 0.25) is 0 Å². The maximum atomic E-state index is 9.10. The third-order valence-corrected chi connectivity index (χ3v) is 3.04. The van der Waals surface area contributed by atoms with E-state index in [0.29, 0.717) is 0 Å². The maximum Gasteiger partial charge on any atom is 0.0584 e. The first-order chi connectivity index (χ1) is 7.17. The molecule has 2 nitrogen and oxygen atoms in total. The fraction of sp³-hybridized carbons (Fsp3) is 0.500. The van der Waals surface area contributed by atoms with Gasteiger partial charge in [-0.2, -0.15) is 0 Å². The van der Waals surface area contributed by atoms with Crippen LogP contribution in [0.3, 0.4) is 0 Å². The van der Waals surface area contributed by atoms with E-state index in [-0.39, 0.29) is 18.7 Å². The molecule has 0 aliphatic carbocycles. The average Bonchev–Trinajstić information content (AvgIpc) is 2.25. The van der Waals surface area contributed by atoms with Crippen LogP contribution in [0.25, 0.3) is 0 Å². The topological polar surface area (TPSA) is 32.3 Å². The molecule has 84 valence electrons. The molecule has 1 aromatic rings. The van der Waals surface area contributed by atoms with Crippen LogP contribution in [-0.4, -0.2) is 17.8 Å². The normalized spacial score (nSPS) is 14.9. The van der Waals surface area contributed by atoms with E-state index < -0.39 is 0 Å². The van der Waals surface area contributed by atoms with Gasteiger partial charge in [0.15, 0.2) is 0 Å². The summed E-state index contributed by atoms with van der Waals surface area (Å²) < 4.78 is 1.09. The predicted molar refractivity (Wildman–Crippen MR) is 66.9 cm³/mol. The van der Waals surface area contributed by atoms with Gasteiger partial charge in [0.2, 0.25) is 0 Å². The molecule has 1 rings (SSSR count). The molecule has 0 saturated carbocycles. The second kappa shape index (κ2) is 6.26. The molecule has 0 aliphatic heterocycles. The second-order valence-electron chi connectivity index (χ2n) is 3.73. The summed E-state index contributed by atoms with van der Waals surface area (Å²) in [6.07, 6.45) is 0.939. The van der Waals surface area contributed by atoms with E-state index in [1.165, 1.54) is 5.56 Å². The van der Waals surface area contributed by atoms with Crippen molar-refractivity contribution in [1.82, 2.24) is 5.32 Å². The molecule has 2 N–H and O–H groups in total.